The van der Waals surface area contributed by atoms with Crippen molar-refractivity contribution in [2.45, 2.75) is 52.5 Å². The Morgan fingerprint density at radius 2 is 2.09 bits per heavy atom. The van der Waals surface area contributed by atoms with E-state index >= 15 is 0 Å². The lowest BCUT2D eigenvalue weighted by Crippen LogP contribution is -2.23. The van der Waals surface area contributed by atoms with Gasteiger partial charge in [-0.3, -0.25) is 4.79 Å². The van der Waals surface area contributed by atoms with Crippen molar-refractivity contribution in [1.82, 2.24) is 9.55 Å². The molecule has 5 nitrogen and oxygen atoms in total. The monoisotopic (exact) mass is 303 g/mol. The second-order valence-corrected chi connectivity index (χ2v) is 6.56. The molecule has 0 aliphatic heterocycles. The van der Waals surface area contributed by atoms with E-state index in [0.717, 1.165) is 29.7 Å². The first-order chi connectivity index (χ1) is 10.3. The zero-order valence-corrected chi connectivity index (χ0v) is 13.8. The lowest BCUT2D eigenvalue weighted by molar-refractivity contribution is -0.144. The molecular formula is C17H25N3O2. The van der Waals surface area contributed by atoms with Gasteiger partial charge in [-0.1, -0.05) is 40.2 Å². The number of nitrogen functional groups attached to an aromatic ring is 1. The van der Waals surface area contributed by atoms with E-state index in [-0.39, 0.29) is 17.9 Å². The molecule has 22 heavy (non-hydrogen) atoms. The minimum absolute atomic E-state index is 0.163. The number of fused-ring (bicyclic) bond motifs is 1. The van der Waals surface area contributed by atoms with Gasteiger partial charge in [0.05, 0.1) is 17.8 Å². The summed E-state index contributed by atoms with van der Waals surface area (Å²) in [4.78, 5) is 16.8. The number of carbonyl (C=O) groups excluding carboxylic acids is 1. The SMILES string of the molecule is CCCCOC(=O)Cn1c(C(C)(C)C)nc2c(N)cccc21. The summed E-state index contributed by atoms with van der Waals surface area (Å²) in [6, 6.07) is 5.64. The van der Waals surface area contributed by atoms with Crippen LogP contribution in [0.2, 0.25) is 0 Å². The highest BCUT2D eigenvalue weighted by molar-refractivity contribution is 5.88. The topological polar surface area (TPSA) is 70.1 Å². The molecule has 120 valence electrons. The number of benzene rings is 1. The van der Waals surface area contributed by atoms with Crippen molar-refractivity contribution < 1.29 is 9.53 Å². The van der Waals surface area contributed by atoms with Crippen LogP contribution < -0.4 is 5.73 Å². The van der Waals surface area contributed by atoms with Crippen molar-refractivity contribution in [3.63, 3.8) is 0 Å². The summed E-state index contributed by atoms with van der Waals surface area (Å²) >= 11 is 0. The molecule has 1 aromatic heterocycles. The number of ether oxygens (including phenoxy) is 1. The quantitative estimate of drug-likeness (QED) is 0.523. The van der Waals surface area contributed by atoms with Crippen molar-refractivity contribution in [2.24, 2.45) is 0 Å². The molecule has 2 aromatic rings. The highest BCUT2D eigenvalue weighted by Gasteiger charge is 2.25. The number of esters is 1. The van der Waals surface area contributed by atoms with Crippen molar-refractivity contribution in [3.8, 4) is 0 Å². The van der Waals surface area contributed by atoms with Crippen molar-refractivity contribution >= 4 is 22.7 Å². The molecule has 2 N–H and O–H groups in total. The first-order valence-corrected chi connectivity index (χ1v) is 7.75. The smallest absolute Gasteiger partial charge is 0.326 e. The Labute approximate surface area is 131 Å². The molecule has 0 fully saturated rings. The van der Waals surface area contributed by atoms with E-state index in [4.69, 9.17) is 10.5 Å². The van der Waals surface area contributed by atoms with Gasteiger partial charge in [0.1, 0.15) is 17.9 Å². The minimum atomic E-state index is -0.235. The number of hydrogen-bond donors (Lipinski definition) is 1. The highest BCUT2D eigenvalue weighted by Crippen LogP contribution is 2.29. The number of anilines is 1. The molecule has 0 saturated heterocycles. The van der Waals surface area contributed by atoms with Gasteiger partial charge in [0.15, 0.2) is 0 Å². The van der Waals surface area contributed by atoms with Gasteiger partial charge in [0.25, 0.3) is 0 Å². The normalized spacial score (nSPS) is 11.8. The number of nitrogens with zero attached hydrogens (tertiary/aromatic N) is 2. The van der Waals surface area contributed by atoms with Gasteiger partial charge in [-0.2, -0.15) is 0 Å². The van der Waals surface area contributed by atoms with Gasteiger partial charge >= 0.3 is 5.97 Å². The van der Waals surface area contributed by atoms with Gasteiger partial charge in [-0.05, 0) is 18.6 Å². The number of imidazole rings is 1. The van der Waals surface area contributed by atoms with Crippen LogP contribution in [0.3, 0.4) is 0 Å². The number of carbonyl (C=O) groups is 1. The Morgan fingerprint density at radius 1 is 1.36 bits per heavy atom. The van der Waals surface area contributed by atoms with Crippen LogP contribution in [0.25, 0.3) is 11.0 Å². The number of nitrogens with two attached hydrogens (primary N) is 1. The fourth-order valence-electron chi connectivity index (χ4n) is 2.41. The molecule has 0 radical (unpaired) electrons. The van der Waals surface area contributed by atoms with E-state index in [2.05, 4.69) is 32.7 Å². The Kier molecular flexibility index (Phi) is 4.74. The first kappa shape index (κ1) is 16.3. The molecule has 0 aliphatic carbocycles. The molecule has 1 heterocycles. The molecule has 0 unspecified atom stereocenters. The van der Waals surface area contributed by atoms with Crippen LogP contribution in [0.15, 0.2) is 18.2 Å². The number of unbranched alkanes of at least 4 members (excludes halogenated alkanes) is 1. The lowest BCUT2D eigenvalue weighted by Gasteiger charge is -2.19. The summed E-state index contributed by atoms with van der Waals surface area (Å²) in [5.41, 5.74) is 8.08. The third kappa shape index (κ3) is 3.40. The van der Waals surface area contributed by atoms with Crippen LogP contribution in [0.1, 0.15) is 46.4 Å². The molecule has 0 aliphatic rings. The highest BCUT2D eigenvalue weighted by atomic mass is 16.5. The standard InChI is InChI=1S/C17H25N3O2/c1-5-6-10-22-14(21)11-20-13-9-7-8-12(18)15(13)19-16(20)17(2,3)4/h7-9H,5-6,10-11,18H2,1-4H3. The van der Waals surface area contributed by atoms with Crippen LogP contribution in [0, 0.1) is 0 Å². The summed E-state index contributed by atoms with van der Waals surface area (Å²) in [6.07, 6.45) is 1.89. The van der Waals surface area contributed by atoms with Crippen molar-refractivity contribution in [2.75, 3.05) is 12.3 Å². The van der Waals surface area contributed by atoms with Crippen LogP contribution in [0.4, 0.5) is 5.69 Å². The van der Waals surface area contributed by atoms with E-state index < -0.39 is 0 Å². The van der Waals surface area contributed by atoms with E-state index in [9.17, 15) is 4.79 Å². The molecule has 0 bridgehead atoms. The number of para-hydroxylation sites is 1. The van der Waals surface area contributed by atoms with Gasteiger partial charge in [0.2, 0.25) is 0 Å². The number of rotatable bonds is 5. The predicted octanol–water partition coefficient (Wildman–Crippen LogP) is 3.26. The van der Waals surface area contributed by atoms with Gasteiger partial charge in [-0.15, -0.1) is 0 Å². The Hall–Kier alpha value is -2.04. The number of aromatic nitrogens is 2. The van der Waals surface area contributed by atoms with Crippen molar-refractivity contribution in [1.29, 1.82) is 0 Å². The van der Waals surface area contributed by atoms with Crippen molar-refractivity contribution in [3.05, 3.63) is 24.0 Å². The fraction of sp³-hybridized carbons (Fsp3) is 0.529. The molecule has 0 atom stereocenters. The maximum Gasteiger partial charge on any atom is 0.326 e. The maximum absolute atomic E-state index is 12.1. The second-order valence-electron chi connectivity index (χ2n) is 6.56. The zero-order chi connectivity index (χ0) is 16.3. The zero-order valence-electron chi connectivity index (χ0n) is 13.8. The summed E-state index contributed by atoms with van der Waals surface area (Å²) in [6.45, 7) is 8.92. The minimum Gasteiger partial charge on any atom is -0.464 e. The third-order valence-electron chi connectivity index (χ3n) is 3.53. The molecule has 2 rings (SSSR count). The van der Waals surface area contributed by atoms with E-state index in [0.29, 0.717) is 12.3 Å². The summed E-state index contributed by atoms with van der Waals surface area (Å²) < 4.78 is 7.20. The molecular weight excluding hydrogens is 278 g/mol. The largest absolute Gasteiger partial charge is 0.464 e. The van der Waals surface area contributed by atoms with E-state index in [1.165, 1.54) is 0 Å². The summed E-state index contributed by atoms with van der Waals surface area (Å²) in [5.74, 6) is 0.605. The molecule has 5 heteroatoms. The molecule has 0 spiro atoms. The Morgan fingerprint density at radius 3 is 2.73 bits per heavy atom. The van der Waals surface area contributed by atoms with Gasteiger partial charge < -0.3 is 15.0 Å². The average molecular weight is 303 g/mol. The van der Waals surface area contributed by atoms with E-state index in [1.807, 2.05) is 22.8 Å². The first-order valence-electron chi connectivity index (χ1n) is 7.75. The fourth-order valence-corrected chi connectivity index (χ4v) is 2.41. The van der Waals surface area contributed by atoms with Crippen LogP contribution in [0.5, 0.6) is 0 Å². The molecule has 1 aromatic carbocycles. The van der Waals surface area contributed by atoms with Crippen LogP contribution >= 0.6 is 0 Å². The lowest BCUT2D eigenvalue weighted by atomic mass is 9.95. The number of hydrogen-bond acceptors (Lipinski definition) is 4. The summed E-state index contributed by atoms with van der Waals surface area (Å²) in [5, 5.41) is 0. The van der Waals surface area contributed by atoms with Gasteiger partial charge in [0, 0.05) is 5.41 Å². The summed E-state index contributed by atoms with van der Waals surface area (Å²) in [7, 11) is 0. The Balaban J connectivity index is 2.38. The Bertz CT molecular complexity index is 668. The molecule has 0 saturated carbocycles. The molecule has 0 amide bonds. The predicted molar refractivity (Wildman–Crippen MR) is 88.7 cm³/mol. The van der Waals surface area contributed by atoms with Gasteiger partial charge in [-0.25, -0.2) is 4.98 Å². The average Bonchev–Trinajstić information content (AvgIpc) is 2.79. The van der Waals surface area contributed by atoms with Crippen LogP contribution in [-0.2, 0) is 21.5 Å². The van der Waals surface area contributed by atoms with E-state index in [1.54, 1.807) is 0 Å². The maximum atomic E-state index is 12.1. The van der Waals surface area contributed by atoms with Crippen LogP contribution in [-0.4, -0.2) is 22.1 Å². The second kappa shape index (κ2) is 6.38. The third-order valence-corrected chi connectivity index (χ3v) is 3.53.